The van der Waals surface area contributed by atoms with Crippen molar-refractivity contribution in [1.29, 1.82) is 0 Å². The molecule has 0 bridgehead atoms. The lowest BCUT2D eigenvalue weighted by atomic mass is 9.85. The van der Waals surface area contributed by atoms with Gasteiger partial charge in [0.25, 0.3) is 5.91 Å². The van der Waals surface area contributed by atoms with Gasteiger partial charge < -0.3 is 19.1 Å². The lowest BCUT2D eigenvalue weighted by Gasteiger charge is -2.42. The summed E-state index contributed by atoms with van der Waals surface area (Å²) in [4.78, 5) is 32.4. The maximum atomic E-state index is 13.6. The van der Waals surface area contributed by atoms with Gasteiger partial charge >= 0.3 is 6.03 Å². The standard InChI is InChI=1S/C26H31N3O5/c1-32-14-13-28-24(30)26(29(25(28)31)19-20-5-3-2-4-6-20)9-11-27(12-10-26)18-21-7-8-22-23(17-21)34-16-15-33-22/h2-8,17H,9-16,18-19H2,1H3. The predicted octanol–water partition coefficient (Wildman–Crippen LogP) is 2.90. The van der Waals surface area contributed by atoms with Gasteiger partial charge in [0.2, 0.25) is 0 Å². The number of urea groups is 1. The molecule has 3 aliphatic rings. The molecule has 0 aliphatic carbocycles. The molecule has 8 nitrogen and oxygen atoms in total. The van der Waals surface area contributed by atoms with E-state index in [0.717, 1.165) is 42.3 Å². The van der Waals surface area contributed by atoms with Gasteiger partial charge in [0.15, 0.2) is 11.5 Å². The minimum atomic E-state index is -0.802. The zero-order chi connectivity index (χ0) is 23.5. The number of rotatable bonds is 7. The van der Waals surface area contributed by atoms with Crippen molar-refractivity contribution < 1.29 is 23.8 Å². The van der Waals surface area contributed by atoms with E-state index in [1.165, 1.54) is 4.90 Å². The largest absolute Gasteiger partial charge is 0.486 e. The van der Waals surface area contributed by atoms with Gasteiger partial charge in [0.05, 0.1) is 13.2 Å². The molecule has 1 spiro atoms. The van der Waals surface area contributed by atoms with Crippen molar-refractivity contribution in [1.82, 2.24) is 14.7 Å². The van der Waals surface area contributed by atoms with Crippen LogP contribution in [0.15, 0.2) is 48.5 Å². The Morgan fingerprint density at radius 1 is 0.912 bits per heavy atom. The smallest absolute Gasteiger partial charge is 0.328 e. The highest BCUT2D eigenvalue weighted by atomic mass is 16.6. The summed E-state index contributed by atoms with van der Waals surface area (Å²) < 4.78 is 16.5. The van der Waals surface area contributed by atoms with Crippen molar-refractivity contribution in [3.63, 3.8) is 0 Å². The minimum absolute atomic E-state index is 0.0931. The number of ether oxygens (including phenoxy) is 3. The molecule has 0 atom stereocenters. The van der Waals surface area contributed by atoms with E-state index in [-0.39, 0.29) is 18.5 Å². The van der Waals surface area contributed by atoms with Crippen LogP contribution in [0, 0.1) is 0 Å². The van der Waals surface area contributed by atoms with Gasteiger partial charge in [0.1, 0.15) is 18.8 Å². The van der Waals surface area contributed by atoms with Crippen molar-refractivity contribution >= 4 is 11.9 Å². The first-order valence-electron chi connectivity index (χ1n) is 11.9. The molecule has 2 aromatic rings. The van der Waals surface area contributed by atoms with E-state index >= 15 is 0 Å². The molecule has 0 unspecified atom stereocenters. The third-order valence-electron chi connectivity index (χ3n) is 7.02. The fourth-order valence-corrected chi connectivity index (χ4v) is 5.16. The lowest BCUT2D eigenvalue weighted by molar-refractivity contribution is -0.136. The molecule has 3 heterocycles. The zero-order valence-corrected chi connectivity index (χ0v) is 19.6. The highest BCUT2D eigenvalue weighted by molar-refractivity contribution is 6.07. The Labute approximate surface area is 200 Å². The number of fused-ring (bicyclic) bond motifs is 1. The van der Waals surface area contributed by atoms with Crippen LogP contribution in [-0.4, -0.2) is 78.7 Å². The summed E-state index contributed by atoms with van der Waals surface area (Å²) in [5.74, 6) is 1.48. The number of hydrogen-bond acceptors (Lipinski definition) is 6. The Kier molecular flexibility index (Phi) is 6.43. The van der Waals surface area contributed by atoms with Crippen LogP contribution in [0.25, 0.3) is 0 Å². The van der Waals surface area contributed by atoms with E-state index in [0.29, 0.717) is 39.2 Å². The molecule has 34 heavy (non-hydrogen) atoms. The Hall–Kier alpha value is -3.10. The van der Waals surface area contributed by atoms with Crippen LogP contribution in [-0.2, 0) is 22.6 Å². The van der Waals surface area contributed by atoms with Gasteiger partial charge in [-0.15, -0.1) is 0 Å². The van der Waals surface area contributed by atoms with Crippen molar-refractivity contribution in [3.05, 3.63) is 59.7 Å². The van der Waals surface area contributed by atoms with Gasteiger partial charge in [-0.2, -0.15) is 0 Å². The van der Waals surface area contributed by atoms with Crippen LogP contribution in [0.2, 0.25) is 0 Å². The summed E-state index contributed by atoms with van der Waals surface area (Å²) in [6.45, 7) is 4.42. The van der Waals surface area contributed by atoms with Crippen molar-refractivity contribution in [3.8, 4) is 11.5 Å². The summed E-state index contributed by atoms with van der Waals surface area (Å²) in [7, 11) is 1.58. The number of nitrogens with zero attached hydrogens (tertiary/aromatic N) is 3. The number of imide groups is 1. The predicted molar refractivity (Wildman–Crippen MR) is 126 cm³/mol. The van der Waals surface area contributed by atoms with Gasteiger partial charge in [-0.3, -0.25) is 14.6 Å². The number of likely N-dealkylation sites (tertiary alicyclic amines) is 1. The lowest BCUT2D eigenvalue weighted by Crippen LogP contribution is -2.56. The molecule has 0 saturated carbocycles. The van der Waals surface area contributed by atoms with Crippen LogP contribution in [0.4, 0.5) is 4.79 Å². The average molecular weight is 466 g/mol. The number of carbonyl (C=O) groups excluding carboxylic acids is 2. The summed E-state index contributed by atoms with van der Waals surface area (Å²) in [6, 6.07) is 15.7. The van der Waals surface area contributed by atoms with Crippen LogP contribution in [0.5, 0.6) is 11.5 Å². The fraction of sp³-hybridized carbons (Fsp3) is 0.462. The molecule has 2 fully saturated rings. The third kappa shape index (κ3) is 4.23. The maximum absolute atomic E-state index is 13.6. The maximum Gasteiger partial charge on any atom is 0.328 e. The van der Waals surface area contributed by atoms with Crippen molar-refractivity contribution in [2.24, 2.45) is 0 Å². The summed E-state index contributed by atoms with van der Waals surface area (Å²) >= 11 is 0. The van der Waals surface area contributed by atoms with E-state index in [4.69, 9.17) is 14.2 Å². The minimum Gasteiger partial charge on any atom is -0.486 e. The number of amides is 3. The molecule has 3 amide bonds. The third-order valence-corrected chi connectivity index (χ3v) is 7.02. The van der Waals surface area contributed by atoms with Gasteiger partial charge in [0, 0.05) is 33.3 Å². The Balaban J connectivity index is 1.32. The number of hydrogen-bond donors (Lipinski definition) is 0. The first kappa shape index (κ1) is 22.7. The van der Waals surface area contributed by atoms with Crippen molar-refractivity contribution in [2.75, 3.05) is 46.6 Å². The fourth-order valence-electron chi connectivity index (χ4n) is 5.16. The monoisotopic (exact) mass is 465 g/mol. The molecular weight excluding hydrogens is 434 g/mol. The first-order chi connectivity index (χ1) is 16.6. The molecule has 0 aromatic heterocycles. The molecule has 180 valence electrons. The van der Waals surface area contributed by atoms with Crippen LogP contribution in [0.3, 0.4) is 0 Å². The normalized spacial score (nSPS) is 19.8. The second kappa shape index (κ2) is 9.64. The van der Waals surface area contributed by atoms with Crippen LogP contribution >= 0.6 is 0 Å². The van der Waals surface area contributed by atoms with Gasteiger partial charge in [-0.05, 0) is 36.1 Å². The summed E-state index contributed by atoms with van der Waals surface area (Å²) in [5.41, 5.74) is 1.37. The van der Waals surface area contributed by atoms with Crippen molar-refractivity contribution in [2.45, 2.75) is 31.5 Å². The molecule has 2 saturated heterocycles. The highest BCUT2D eigenvalue weighted by Gasteiger charge is 2.57. The quantitative estimate of drug-likeness (QED) is 0.586. The second-order valence-electron chi connectivity index (χ2n) is 9.09. The van der Waals surface area contributed by atoms with Gasteiger partial charge in [-0.25, -0.2) is 4.79 Å². The topological polar surface area (TPSA) is 71.6 Å². The Morgan fingerprint density at radius 2 is 1.65 bits per heavy atom. The molecule has 5 rings (SSSR count). The summed E-state index contributed by atoms with van der Waals surface area (Å²) in [6.07, 6.45) is 1.22. The number of methoxy groups -OCH3 is 1. The number of piperidine rings is 1. The van der Waals surface area contributed by atoms with E-state index in [9.17, 15) is 9.59 Å². The summed E-state index contributed by atoms with van der Waals surface area (Å²) in [5, 5.41) is 0. The van der Waals surface area contributed by atoms with Crippen LogP contribution < -0.4 is 9.47 Å². The molecular formula is C26H31N3O5. The van der Waals surface area contributed by atoms with E-state index < -0.39 is 5.54 Å². The van der Waals surface area contributed by atoms with Crippen LogP contribution in [0.1, 0.15) is 24.0 Å². The Morgan fingerprint density at radius 3 is 2.38 bits per heavy atom. The highest BCUT2D eigenvalue weighted by Crippen LogP contribution is 2.39. The number of carbonyl (C=O) groups is 2. The van der Waals surface area contributed by atoms with Gasteiger partial charge in [-0.1, -0.05) is 36.4 Å². The Bertz CT molecular complexity index is 1040. The molecule has 2 aromatic carbocycles. The zero-order valence-electron chi connectivity index (χ0n) is 19.6. The van der Waals surface area contributed by atoms with E-state index in [2.05, 4.69) is 11.0 Å². The molecule has 8 heteroatoms. The SMILES string of the molecule is COCCN1C(=O)N(Cc2ccccc2)C2(CCN(Cc3ccc4c(c3)OCCO4)CC2)C1=O. The first-order valence-corrected chi connectivity index (χ1v) is 11.9. The van der Waals surface area contributed by atoms with E-state index in [1.54, 1.807) is 12.0 Å². The second-order valence-corrected chi connectivity index (χ2v) is 9.09. The number of benzene rings is 2. The molecule has 0 radical (unpaired) electrons. The average Bonchev–Trinajstić information content (AvgIpc) is 3.05. The van der Waals surface area contributed by atoms with E-state index in [1.807, 2.05) is 42.5 Å². The molecule has 0 N–H and O–H groups in total. The molecule has 3 aliphatic heterocycles.